The first-order valence-electron chi connectivity index (χ1n) is 7.16. The van der Waals surface area contributed by atoms with Crippen molar-refractivity contribution < 1.29 is 4.79 Å². The van der Waals surface area contributed by atoms with E-state index in [-0.39, 0.29) is 17.9 Å². The number of nitrogens with zero attached hydrogens (tertiary/aromatic N) is 2. The fraction of sp³-hybridized carbons (Fsp3) is 0.0556. The smallest absolute Gasteiger partial charge is 0.267 e. The molecular weight excluding hydrogens is 392 g/mol. The van der Waals surface area contributed by atoms with Gasteiger partial charge in [0.1, 0.15) is 6.54 Å². The van der Waals surface area contributed by atoms with Crippen LogP contribution in [-0.2, 0) is 6.54 Å². The van der Waals surface area contributed by atoms with Crippen molar-refractivity contribution in [3.05, 3.63) is 86.1 Å². The van der Waals surface area contributed by atoms with Crippen molar-refractivity contribution in [2.24, 2.45) is 0 Å². The van der Waals surface area contributed by atoms with E-state index in [0.717, 1.165) is 10.0 Å². The molecule has 1 heterocycles. The second kappa shape index (κ2) is 7.11. The molecule has 0 fully saturated rings. The third kappa shape index (κ3) is 3.80. The molecule has 0 saturated heterocycles. The molecule has 0 bridgehead atoms. The summed E-state index contributed by atoms with van der Waals surface area (Å²) < 4.78 is 2.06. The average molecular weight is 404 g/mol. The minimum Gasteiger partial charge on any atom is -0.292 e. The first kappa shape index (κ1) is 16.6. The van der Waals surface area contributed by atoms with E-state index in [4.69, 9.17) is 11.6 Å². The van der Waals surface area contributed by atoms with Gasteiger partial charge in [-0.3, -0.25) is 9.59 Å². The van der Waals surface area contributed by atoms with Crippen molar-refractivity contribution in [1.29, 1.82) is 0 Å². The summed E-state index contributed by atoms with van der Waals surface area (Å²) in [6.07, 6.45) is 0. The quantitative estimate of drug-likeness (QED) is 0.613. The highest BCUT2D eigenvalue weighted by molar-refractivity contribution is 9.10. The summed E-state index contributed by atoms with van der Waals surface area (Å²) in [7, 11) is 0. The summed E-state index contributed by atoms with van der Waals surface area (Å²) in [6.45, 7) is -0.109. The SMILES string of the molecule is O=C(Cn1nc(-c2ccc(Cl)cc2)ccc1=O)c1ccc(Br)cc1. The topological polar surface area (TPSA) is 52.0 Å². The Morgan fingerprint density at radius 2 is 1.67 bits per heavy atom. The Morgan fingerprint density at radius 3 is 2.33 bits per heavy atom. The largest absolute Gasteiger partial charge is 0.292 e. The third-order valence-electron chi connectivity index (χ3n) is 3.47. The number of halogens is 2. The van der Waals surface area contributed by atoms with Gasteiger partial charge in [0, 0.05) is 26.7 Å². The molecule has 0 aliphatic heterocycles. The van der Waals surface area contributed by atoms with Gasteiger partial charge in [0.05, 0.1) is 5.69 Å². The van der Waals surface area contributed by atoms with Crippen LogP contribution in [0.1, 0.15) is 10.4 Å². The second-order valence-electron chi connectivity index (χ2n) is 5.15. The maximum absolute atomic E-state index is 12.3. The van der Waals surface area contributed by atoms with Gasteiger partial charge in [0.15, 0.2) is 5.78 Å². The molecule has 2 aromatic carbocycles. The molecule has 24 heavy (non-hydrogen) atoms. The molecule has 0 saturated carbocycles. The first-order chi connectivity index (χ1) is 11.5. The van der Waals surface area contributed by atoms with E-state index >= 15 is 0 Å². The molecule has 4 nitrogen and oxygen atoms in total. The van der Waals surface area contributed by atoms with E-state index in [2.05, 4.69) is 21.0 Å². The van der Waals surface area contributed by atoms with Crippen LogP contribution in [0.5, 0.6) is 0 Å². The highest BCUT2D eigenvalue weighted by atomic mass is 79.9. The number of aromatic nitrogens is 2. The molecule has 0 amide bonds. The molecule has 0 unspecified atom stereocenters. The lowest BCUT2D eigenvalue weighted by atomic mass is 10.1. The highest BCUT2D eigenvalue weighted by Gasteiger charge is 2.10. The first-order valence-corrected chi connectivity index (χ1v) is 8.33. The molecular formula is C18H12BrClN2O2. The maximum Gasteiger partial charge on any atom is 0.267 e. The third-order valence-corrected chi connectivity index (χ3v) is 4.25. The second-order valence-corrected chi connectivity index (χ2v) is 6.50. The van der Waals surface area contributed by atoms with E-state index < -0.39 is 0 Å². The van der Waals surface area contributed by atoms with Gasteiger partial charge in [0.25, 0.3) is 5.56 Å². The van der Waals surface area contributed by atoms with E-state index in [1.165, 1.54) is 10.7 Å². The van der Waals surface area contributed by atoms with Gasteiger partial charge in [-0.1, -0.05) is 51.8 Å². The van der Waals surface area contributed by atoms with Crippen LogP contribution in [0.4, 0.5) is 0 Å². The van der Waals surface area contributed by atoms with E-state index in [1.807, 2.05) is 12.1 Å². The molecule has 6 heteroatoms. The van der Waals surface area contributed by atoms with Gasteiger partial charge in [-0.05, 0) is 30.3 Å². The number of hydrogen-bond acceptors (Lipinski definition) is 3. The molecule has 0 aliphatic carbocycles. The highest BCUT2D eigenvalue weighted by Crippen LogP contribution is 2.18. The Balaban J connectivity index is 1.89. The van der Waals surface area contributed by atoms with Crippen LogP contribution < -0.4 is 5.56 Å². The molecule has 120 valence electrons. The minimum atomic E-state index is -0.321. The number of hydrogen-bond donors (Lipinski definition) is 0. The van der Waals surface area contributed by atoms with Crippen molar-refractivity contribution in [3.63, 3.8) is 0 Å². The van der Waals surface area contributed by atoms with Gasteiger partial charge in [-0.25, -0.2) is 4.68 Å². The van der Waals surface area contributed by atoms with Crippen LogP contribution in [-0.4, -0.2) is 15.6 Å². The molecule has 0 N–H and O–H groups in total. The van der Waals surface area contributed by atoms with E-state index in [0.29, 0.717) is 16.3 Å². The van der Waals surface area contributed by atoms with Crippen LogP contribution in [0.3, 0.4) is 0 Å². The van der Waals surface area contributed by atoms with Crippen LogP contribution in [0, 0.1) is 0 Å². The van der Waals surface area contributed by atoms with Crippen molar-refractivity contribution in [3.8, 4) is 11.3 Å². The van der Waals surface area contributed by atoms with E-state index in [1.54, 1.807) is 42.5 Å². The molecule has 3 rings (SSSR count). The fourth-order valence-electron chi connectivity index (χ4n) is 2.20. The van der Waals surface area contributed by atoms with Crippen LogP contribution in [0.2, 0.25) is 5.02 Å². The predicted molar refractivity (Wildman–Crippen MR) is 97.4 cm³/mol. The standard InChI is InChI=1S/C18H12BrClN2O2/c19-14-5-1-13(2-6-14)17(23)11-22-18(24)10-9-16(21-22)12-3-7-15(20)8-4-12/h1-10H,11H2. The lowest BCUT2D eigenvalue weighted by molar-refractivity contribution is 0.0966. The summed E-state index contributed by atoms with van der Waals surface area (Å²) in [5.74, 6) is -0.176. The average Bonchev–Trinajstić information content (AvgIpc) is 2.58. The van der Waals surface area contributed by atoms with Crippen LogP contribution in [0.15, 0.2) is 69.9 Å². The number of carbonyl (C=O) groups is 1. The van der Waals surface area contributed by atoms with Gasteiger partial charge >= 0.3 is 0 Å². The Bertz CT molecular complexity index is 934. The maximum atomic E-state index is 12.3. The van der Waals surface area contributed by atoms with Crippen LogP contribution in [0.25, 0.3) is 11.3 Å². The summed E-state index contributed by atoms with van der Waals surface area (Å²) in [4.78, 5) is 24.3. The molecule has 0 spiro atoms. The Kier molecular flexibility index (Phi) is 4.92. The fourth-order valence-corrected chi connectivity index (χ4v) is 2.59. The normalized spacial score (nSPS) is 10.6. The lowest BCUT2D eigenvalue weighted by Crippen LogP contribution is -2.26. The molecule has 0 atom stereocenters. The number of ketones is 1. The zero-order valence-electron chi connectivity index (χ0n) is 12.4. The van der Waals surface area contributed by atoms with Crippen molar-refractivity contribution in [2.75, 3.05) is 0 Å². The Hall–Kier alpha value is -2.24. The van der Waals surface area contributed by atoms with E-state index in [9.17, 15) is 9.59 Å². The van der Waals surface area contributed by atoms with Gasteiger partial charge in [-0.2, -0.15) is 5.10 Å². The Labute approximate surface area is 151 Å². The summed E-state index contributed by atoms with van der Waals surface area (Å²) in [5.41, 5.74) is 1.64. The minimum absolute atomic E-state index is 0.109. The number of Topliss-reactive ketones (excluding diaryl/α,β-unsaturated/α-hetero) is 1. The van der Waals surface area contributed by atoms with Gasteiger partial charge in [0.2, 0.25) is 0 Å². The predicted octanol–water partition coefficient (Wildman–Crippen LogP) is 4.21. The van der Waals surface area contributed by atoms with Crippen molar-refractivity contribution >= 4 is 33.3 Å². The lowest BCUT2D eigenvalue weighted by Gasteiger charge is -2.07. The zero-order valence-corrected chi connectivity index (χ0v) is 14.8. The Morgan fingerprint density at radius 1 is 1.00 bits per heavy atom. The van der Waals surface area contributed by atoms with Crippen molar-refractivity contribution in [2.45, 2.75) is 6.54 Å². The number of rotatable bonds is 4. The number of carbonyl (C=O) groups excluding carboxylic acids is 1. The summed E-state index contributed by atoms with van der Waals surface area (Å²) >= 11 is 9.20. The monoisotopic (exact) mass is 402 g/mol. The summed E-state index contributed by atoms with van der Waals surface area (Å²) in [6, 6.07) is 17.2. The molecule has 3 aromatic rings. The summed E-state index contributed by atoms with van der Waals surface area (Å²) in [5, 5.41) is 4.91. The molecule has 1 aromatic heterocycles. The van der Waals surface area contributed by atoms with Gasteiger partial charge in [-0.15, -0.1) is 0 Å². The molecule has 0 radical (unpaired) electrons. The van der Waals surface area contributed by atoms with Crippen LogP contribution >= 0.6 is 27.5 Å². The zero-order chi connectivity index (χ0) is 17.1. The van der Waals surface area contributed by atoms with Crippen molar-refractivity contribution in [1.82, 2.24) is 9.78 Å². The molecule has 0 aliphatic rings. The van der Waals surface area contributed by atoms with Gasteiger partial charge < -0.3 is 0 Å². The number of benzene rings is 2.